The Kier molecular flexibility index (Phi) is 9.01. The number of nitrogens with zero attached hydrogens (tertiary/aromatic N) is 4. The Morgan fingerprint density at radius 1 is 1.34 bits per heavy atom. The zero-order valence-corrected chi connectivity index (χ0v) is 22.4. The van der Waals surface area contributed by atoms with Crippen molar-refractivity contribution >= 4 is 29.1 Å². The van der Waals surface area contributed by atoms with Gasteiger partial charge >= 0.3 is 12.2 Å². The number of aryl methyl sites for hydroxylation is 1. The molecule has 3 atom stereocenters. The van der Waals surface area contributed by atoms with Crippen LogP contribution in [0.15, 0.2) is 29.3 Å². The minimum Gasteiger partial charge on any atom is -0.475 e. The monoisotopic (exact) mass is 585 g/mol. The van der Waals surface area contributed by atoms with Gasteiger partial charge in [-0.1, -0.05) is 0 Å². The summed E-state index contributed by atoms with van der Waals surface area (Å²) in [6.07, 6.45) is -4.37. The molecule has 4 N–H and O–H groups in total. The first kappa shape index (κ1) is 30.0. The van der Waals surface area contributed by atoms with Crippen molar-refractivity contribution in [2.24, 2.45) is 7.05 Å². The van der Waals surface area contributed by atoms with E-state index in [1.807, 2.05) is 0 Å². The molecular formula is C25H31F4N7O5. The van der Waals surface area contributed by atoms with Crippen molar-refractivity contribution in [3.63, 3.8) is 0 Å². The van der Waals surface area contributed by atoms with Crippen LogP contribution in [0.2, 0.25) is 0 Å². The predicted octanol–water partition coefficient (Wildman–Crippen LogP) is 2.22. The van der Waals surface area contributed by atoms with Gasteiger partial charge in [0.25, 0.3) is 5.56 Å². The third-order valence-corrected chi connectivity index (χ3v) is 6.89. The molecule has 41 heavy (non-hydrogen) atoms. The number of amides is 2. The molecule has 0 spiro atoms. The average molecular weight is 586 g/mol. The van der Waals surface area contributed by atoms with Crippen molar-refractivity contribution in [1.29, 1.82) is 5.41 Å². The van der Waals surface area contributed by atoms with Gasteiger partial charge in [0, 0.05) is 26.8 Å². The molecule has 0 aliphatic carbocycles. The van der Waals surface area contributed by atoms with Crippen molar-refractivity contribution in [1.82, 2.24) is 14.5 Å². The predicted molar refractivity (Wildman–Crippen MR) is 141 cm³/mol. The molecule has 2 fully saturated rings. The first-order valence-electron chi connectivity index (χ1n) is 12.7. The number of ether oxygens (including phenoxy) is 3. The summed E-state index contributed by atoms with van der Waals surface area (Å²) in [7, 11) is 2.44. The van der Waals surface area contributed by atoms with Gasteiger partial charge in [0.05, 0.1) is 55.4 Å². The molecule has 2 saturated heterocycles. The highest BCUT2D eigenvalue weighted by atomic mass is 19.4. The number of nitrogens with one attached hydrogen (secondary N) is 2. The third kappa shape index (κ3) is 7.05. The summed E-state index contributed by atoms with van der Waals surface area (Å²) in [5.74, 6) is -0.168. The number of nitrogens with two attached hydrogens (primary N) is 1. The van der Waals surface area contributed by atoms with E-state index in [1.54, 1.807) is 11.0 Å². The Hall–Kier alpha value is -3.92. The SMILES string of the molecule is CN(C(=O)Nc1cc(C(F)(F)F)cn(C)c1=O)[C@@H]1CCN(c2cnc(N)c(C(=N)OC[C@H]3COCCO3)c2)C[C@@H]1F. The number of hydrogen-bond acceptors (Lipinski definition) is 9. The summed E-state index contributed by atoms with van der Waals surface area (Å²) in [6.45, 7) is 1.51. The van der Waals surface area contributed by atoms with Crippen LogP contribution in [0.3, 0.4) is 0 Å². The quantitative estimate of drug-likeness (QED) is 0.266. The molecule has 224 valence electrons. The molecule has 0 radical (unpaired) electrons. The zero-order chi connectivity index (χ0) is 29.9. The van der Waals surface area contributed by atoms with E-state index in [4.69, 9.17) is 25.4 Å². The van der Waals surface area contributed by atoms with Crippen molar-refractivity contribution in [2.75, 3.05) is 62.5 Å². The normalized spacial score (nSPS) is 21.3. The van der Waals surface area contributed by atoms with E-state index in [2.05, 4.69) is 10.3 Å². The van der Waals surface area contributed by atoms with Crippen LogP contribution in [0.4, 0.5) is 39.5 Å². The minimum absolute atomic E-state index is 0.0587. The third-order valence-electron chi connectivity index (χ3n) is 6.89. The van der Waals surface area contributed by atoms with E-state index in [0.29, 0.717) is 48.9 Å². The number of nitrogen functional groups attached to an aromatic ring is 1. The van der Waals surface area contributed by atoms with E-state index in [0.717, 1.165) is 11.9 Å². The summed E-state index contributed by atoms with van der Waals surface area (Å²) >= 11 is 0. The number of carbonyl (C=O) groups excluding carboxylic acids is 1. The van der Waals surface area contributed by atoms with E-state index >= 15 is 4.39 Å². The van der Waals surface area contributed by atoms with Crippen LogP contribution in [0, 0.1) is 5.41 Å². The number of alkyl halides is 4. The van der Waals surface area contributed by atoms with Crippen molar-refractivity contribution in [3.8, 4) is 0 Å². The highest BCUT2D eigenvalue weighted by molar-refractivity contribution is 5.97. The van der Waals surface area contributed by atoms with E-state index < -0.39 is 41.2 Å². The van der Waals surface area contributed by atoms with Gasteiger partial charge in [0.15, 0.2) is 0 Å². The van der Waals surface area contributed by atoms with Crippen LogP contribution in [0.5, 0.6) is 0 Å². The lowest BCUT2D eigenvalue weighted by Gasteiger charge is -2.40. The molecule has 2 aliphatic rings. The number of halogens is 4. The van der Waals surface area contributed by atoms with Crippen molar-refractivity contribution in [2.45, 2.75) is 30.9 Å². The highest BCUT2D eigenvalue weighted by Gasteiger charge is 2.36. The Morgan fingerprint density at radius 2 is 2.10 bits per heavy atom. The molecule has 12 nitrogen and oxygen atoms in total. The maximum atomic E-state index is 15.3. The van der Waals surface area contributed by atoms with Gasteiger partial charge in [-0.25, -0.2) is 14.2 Å². The lowest BCUT2D eigenvalue weighted by molar-refractivity contribution is -0.138. The maximum absolute atomic E-state index is 15.3. The lowest BCUT2D eigenvalue weighted by Crippen LogP contribution is -2.54. The van der Waals surface area contributed by atoms with E-state index in [-0.39, 0.29) is 43.0 Å². The second-order valence-electron chi connectivity index (χ2n) is 9.75. The Balaban J connectivity index is 1.39. The molecule has 0 saturated carbocycles. The molecule has 4 heterocycles. The summed E-state index contributed by atoms with van der Waals surface area (Å²) in [5.41, 5.74) is 4.13. The van der Waals surface area contributed by atoms with Crippen LogP contribution >= 0.6 is 0 Å². The summed E-state index contributed by atoms with van der Waals surface area (Å²) < 4.78 is 71.9. The van der Waals surface area contributed by atoms with Gasteiger partial charge in [0.2, 0.25) is 5.90 Å². The van der Waals surface area contributed by atoms with Crippen LogP contribution in [-0.2, 0) is 27.4 Å². The number of rotatable bonds is 6. The molecule has 0 bridgehead atoms. The number of hydrogen-bond donors (Lipinski definition) is 3. The molecular weight excluding hydrogens is 554 g/mol. The van der Waals surface area contributed by atoms with E-state index in [9.17, 15) is 22.8 Å². The Bertz CT molecular complexity index is 1330. The fourth-order valence-electron chi connectivity index (χ4n) is 4.58. The largest absolute Gasteiger partial charge is 0.475 e. The second kappa shape index (κ2) is 12.3. The van der Waals surface area contributed by atoms with Gasteiger partial charge in [-0.3, -0.25) is 10.2 Å². The van der Waals surface area contributed by atoms with Gasteiger partial charge in [-0.15, -0.1) is 0 Å². The first-order valence-corrected chi connectivity index (χ1v) is 12.7. The standard InChI is InChI=1S/C25H31F4N7O5/c1-34-10-14(25(27,28)29)7-19(23(34)37)33-24(38)35(2)20-3-4-36(11-18(20)26)15-8-17(21(30)32-9-15)22(31)41-13-16-12-39-5-6-40-16/h7-10,16,18,20,31H,3-6,11-13H2,1-2H3,(H2,30,32)(H,33,38)/t16-,18+,20-/m1/s1. The topological polar surface area (TPSA) is 148 Å². The van der Waals surface area contributed by atoms with Crippen molar-refractivity contribution in [3.05, 3.63) is 46.0 Å². The number of aromatic nitrogens is 2. The highest BCUT2D eigenvalue weighted by Crippen LogP contribution is 2.30. The molecule has 2 aliphatic heterocycles. The smallest absolute Gasteiger partial charge is 0.417 e. The van der Waals surface area contributed by atoms with Gasteiger partial charge in [-0.05, 0) is 18.6 Å². The minimum atomic E-state index is -4.73. The summed E-state index contributed by atoms with van der Waals surface area (Å²) in [6, 6.07) is 0.279. The lowest BCUT2D eigenvalue weighted by atomic mass is 10.0. The molecule has 2 aromatic rings. The van der Waals surface area contributed by atoms with Gasteiger partial charge in [0.1, 0.15) is 30.4 Å². The molecule has 0 unspecified atom stereocenters. The average Bonchev–Trinajstić information content (AvgIpc) is 2.93. The number of carbonyl (C=O) groups is 1. The number of pyridine rings is 2. The van der Waals surface area contributed by atoms with Gasteiger partial charge in [-0.2, -0.15) is 13.2 Å². The zero-order valence-electron chi connectivity index (χ0n) is 22.4. The van der Waals surface area contributed by atoms with Crippen LogP contribution in [0.1, 0.15) is 17.5 Å². The maximum Gasteiger partial charge on any atom is 0.417 e. The fraction of sp³-hybridized carbons (Fsp3) is 0.520. The van der Waals surface area contributed by atoms with E-state index in [1.165, 1.54) is 13.2 Å². The second-order valence-corrected chi connectivity index (χ2v) is 9.75. The van der Waals surface area contributed by atoms with Crippen molar-refractivity contribution < 1.29 is 36.6 Å². The molecule has 16 heteroatoms. The van der Waals surface area contributed by atoms with Gasteiger partial charge < -0.3 is 39.6 Å². The molecule has 2 amide bonds. The Labute approximate surface area is 232 Å². The Morgan fingerprint density at radius 3 is 2.76 bits per heavy atom. The first-order chi connectivity index (χ1) is 19.3. The number of urea groups is 1. The number of anilines is 3. The van der Waals surface area contributed by atoms with Crippen LogP contribution in [-0.4, -0.2) is 91.3 Å². The molecule has 0 aromatic carbocycles. The molecule has 4 rings (SSSR count). The molecule has 2 aromatic heterocycles. The van der Waals surface area contributed by atoms with Crippen LogP contribution < -0.4 is 21.5 Å². The summed E-state index contributed by atoms with van der Waals surface area (Å²) in [4.78, 5) is 31.9. The summed E-state index contributed by atoms with van der Waals surface area (Å²) in [5, 5.41) is 10.5. The fourth-order valence-corrected chi connectivity index (χ4v) is 4.58. The number of piperidine rings is 1. The van der Waals surface area contributed by atoms with Crippen LogP contribution in [0.25, 0.3) is 0 Å².